The Kier molecular flexibility index (Phi) is 6.73. The van der Waals surface area contributed by atoms with Crippen LogP contribution in [0.3, 0.4) is 0 Å². The number of carbonyl (C=O) groups excluding carboxylic acids is 1. The summed E-state index contributed by atoms with van der Waals surface area (Å²) in [6.45, 7) is 1.86. The first-order valence-corrected chi connectivity index (χ1v) is 10.5. The molecule has 0 N–H and O–H groups in total. The first-order chi connectivity index (χ1) is 12.6. The lowest BCUT2D eigenvalue weighted by Gasteiger charge is -2.31. The molecule has 27 heavy (non-hydrogen) atoms. The average molecular weight is 411 g/mol. The van der Waals surface area contributed by atoms with Crippen molar-refractivity contribution in [1.82, 2.24) is 4.90 Å². The molecule has 0 unspecified atom stereocenters. The van der Waals surface area contributed by atoms with Crippen molar-refractivity contribution < 1.29 is 17.9 Å². The molecule has 0 aromatic heterocycles. The van der Waals surface area contributed by atoms with Crippen molar-refractivity contribution in [2.24, 2.45) is 0 Å². The zero-order valence-electron chi connectivity index (χ0n) is 15.7. The number of sulfonamides is 1. The van der Waals surface area contributed by atoms with Gasteiger partial charge in [-0.25, -0.2) is 8.42 Å². The lowest BCUT2D eigenvalue weighted by Crippen LogP contribution is -2.48. The van der Waals surface area contributed by atoms with E-state index in [9.17, 15) is 13.2 Å². The van der Waals surface area contributed by atoms with E-state index in [1.807, 2.05) is 24.3 Å². The second-order valence-corrected chi connectivity index (χ2v) is 8.51. The van der Waals surface area contributed by atoms with Crippen LogP contribution in [-0.4, -0.2) is 45.7 Å². The molecule has 0 aliphatic carbocycles. The van der Waals surface area contributed by atoms with Crippen LogP contribution >= 0.6 is 11.6 Å². The van der Waals surface area contributed by atoms with Gasteiger partial charge in [0.2, 0.25) is 15.9 Å². The molecule has 2 aromatic rings. The fourth-order valence-electron chi connectivity index (χ4n) is 2.88. The van der Waals surface area contributed by atoms with Crippen LogP contribution in [0, 0.1) is 0 Å². The molecule has 0 saturated heterocycles. The zero-order chi connectivity index (χ0) is 20.2. The topological polar surface area (TPSA) is 66.9 Å². The highest BCUT2D eigenvalue weighted by Crippen LogP contribution is 2.24. The smallest absolute Gasteiger partial charge is 0.246 e. The van der Waals surface area contributed by atoms with E-state index in [0.29, 0.717) is 23.0 Å². The van der Waals surface area contributed by atoms with Crippen LogP contribution in [0.5, 0.6) is 5.75 Å². The number of benzene rings is 2. The van der Waals surface area contributed by atoms with Gasteiger partial charge in [-0.1, -0.05) is 29.8 Å². The molecule has 0 heterocycles. The molecule has 1 amide bonds. The van der Waals surface area contributed by atoms with Gasteiger partial charge in [0.25, 0.3) is 0 Å². The van der Waals surface area contributed by atoms with E-state index in [-0.39, 0.29) is 5.91 Å². The molecule has 8 heteroatoms. The van der Waals surface area contributed by atoms with Gasteiger partial charge in [-0.05, 0) is 37.3 Å². The molecule has 146 valence electrons. The first kappa shape index (κ1) is 21.1. The van der Waals surface area contributed by atoms with E-state index < -0.39 is 16.1 Å². The summed E-state index contributed by atoms with van der Waals surface area (Å²) in [4.78, 5) is 14.4. The van der Waals surface area contributed by atoms with E-state index in [1.54, 1.807) is 45.3 Å². The molecular weight excluding hydrogens is 388 g/mol. The van der Waals surface area contributed by atoms with Crippen molar-refractivity contribution in [3.8, 4) is 5.75 Å². The number of para-hydroxylation sites is 1. The SMILES string of the molecule is COc1ccccc1CN(C)C(=O)[C@H](C)N(c1ccc(Cl)cc1)S(C)(=O)=O. The Morgan fingerprint density at radius 2 is 1.74 bits per heavy atom. The molecule has 2 rings (SSSR count). The lowest BCUT2D eigenvalue weighted by molar-refractivity contribution is -0.131. The standard InChI is InChI=1S/C19H23ClN2O4S/c1-14(22(27(4,24)25)17-11-9-16(20)10-12-17)19(23)21(2)13-15-7-5-6-8-18(15)26-3/h5-12,14H,13H2,1-4H3/t14-/m0/s1. The van der Waals surface area contributed by atoms with Crippen molar-refractivity contribution in [3.63, 3.8) is 0 Å². The van der Waals surface area contributed by atoms with Crippen molar-refractivity contribution >= 4 is 33.2 Å². The third-order valence-electron chi connectivity index (χ3n) is 4.12. The lowest BCUT2D eigenvalue weighted by atomic mass is 10.1. The van der Waals surface area contributed by atoms with E-state index in [1.165, 1.54) is 4.90 Å². The Balaban J connectivity index is 2.27. The van der Waals surface area contributed by atoms with Crippen molar-refractivity contribution in [2.45, 2.75) is 19.5 Å². The summed E-state index contributed by atoms with van der Waals surface area (Å²) in [6.07, 6.45) is 1.08. The maximum atomic E-state index is 12.9. The van der Waals surface area contributed by atoms with E-state index in [4.69, 9.17) is 16.3 Å². The van der Waals surface area contributed by atoms with Gasteiger partial charge in [-0.2, -0.15) is 0 Å². The molecule has 6 nitrogen and oxygen atoms in total. The molecule has 0 saturated carbocycles. The number of carbonyl (C=O) groups is 1. The van der Waals surface area contributed by atoms with Crippen molar-refractivity contribution in [1.29, 1.82) is 0 Å². The number of anilines is 1. The van der Waals surface area contributed by atoms with Crippen LogP contribution in [0.15, 0.2) is 48.5 Å². The second-order valence-electron chi connectivity index (χ2n) is 6.22. The quantitative estimate of drug-likeness (QED) is 0.703. The molecule has 0 aliphatic rings. The second kappa shape index (κ2) is 8.63. The molecule has 0 radical (unpaired) electrons. The highest BCUT2D eigenvalue weighted by atomic mass is 35.5. The maximum absolute atomic E-state index is 12.9. The highest BCUT2D eigenvalue weighted by Gasteiger charge is 2.31. The van der Waals surface area contributed by atoms with E-state index in [2.05, 4.69) is 0 Å². The largest absolute Gasteiger partial charge is 0.496 e. The predicted octanol–water partition coefficient (Wildman–Crippen LogP) is 3.16. The van der Waals surface area contributed by atoms with Gasteiger partial charge >= 0.3 is 0 Å². The number of hydrogen-bond donors (Lipinski definition) is 0. The van der Waals surface area contributed by atoms with Gasteiger partial charge in [-0.15, -0.1) is 0 Å². The number of amides is 1. The summed E-state index contributed by atoms with van der Waals surface area (Å²) in [6, 6.07) is 12.8. The normalized spacial score (nSPS) is 12.3. The van der Waals surface area contributed by atoms with Crippen LogP contribution in [0.1, 0.15) is 12.5 Å². The van der Waals surface area contributed by atoms with Gasteiger partial charge in [-0.3, -0.25) is 9.10 Å². The Morgan fingerprint density at radius 1 is 1.15 bits per heavy atom. The summed E-state index contributed by atoms with van der Waals surface area (Å²) in [5.74, 6) is 0.337. The minimum atomic E-state index is -3.68. The third-order valence-corrected chi connectivity index (χ3v) is 5.62. The Labute approximate surface area is 165 Å². The van der Waals surface area contributed by atoms with Crippen molar-refractivity contribution in [2.75, 3.05) is 24.7 Å². The number of rotatable bonds is 7. The number of nitrogens with zero attached hydrogens (tertiary/aromatic N) is 2. The zero-order valence-corrected chi connectivity index (χ0v) is 17.3. The summed E-state index contributed by atoms with van der Waals surface area (Å²) < 4.78 is 31.1. The van der Waals surface area contributed by atoms with Gasteiger partial charge in [0.15, 0.2) is 0 Å². The van der Waals surface area contributed by atoms with E-state index >= 15 is 0 Å². The summed E-state index contributed by atoms with van der Waals surface area (Å²) in [5, 5.41) is 0.486. The molecule has 2 aromatic carbocycles. The minimum absolute atomic E-state index is 0.297. The maximum Gasteiger partial charge on any atom is 0.246 e. The Bertz CT molecular complexity index is 900. The average Bonchev–Trinajstić information content (AvgIpc) is 2.62. The van der Waals surface area contributed by atoms with Gasteiger partial charge in [0.05, 0.1) is 19.1 Å². The number of hydrogen-bond acceptors (Lipinski definition) is 4. The monoisotopic (exact) mass is 410 g/mol. The number of methoxy groups -OCH3 is 1. The van der Waals surface area contributed by atoms with Crippen LogP contribution in [-0.2, 0) is 21.4 Å². The van der Waals surface area contributed by atoms with Crippen LogP contribution in [0.4, 0.5) is 5.69 Å². The third kappa shape index (κ3) is 5.14. The fraction of sp³-hybridized carbons (Fsp3) is 0.316. The molecule has 0 bridgehead atoms. The fourth-order valence-corrected chi connectivity index (χ4v) is 4.17. The number of ether oxygens (including phenoxy) is 1. The molecule has 0 aliphatic heterocycles. The highest BCUT2D eigenvalue weighted by molar-refractivity contribution is 7.92. The van der Waals surface area contributed by atoms with Crippen LogP contribution in [0.2, 0.25) is 5.02 Å². The Hall–Kier alpha value is -2.25. The predicted molar refractivity (Wildman–Crippen MR) is 108 cm³/mol. The number of likely N-dealkylation sites (N-methyl/N-ethyl adjacent to an activating group) is 1. The molecular formula is C19H23ClN2O4S. The molecule has 1 atom stereocenters. The van der Waals surface area contributed by atoms with Gasteiger partial charge in [0, 0.05) is 24.2 Å². The summed E-state index contributed by atoms with van der Waals surface area (Å²) in [5.41, 5.74) is 1.22. The van der Waals surface area contributed by atoms with E-state index in [0.717, 1.165) is 16.1 Å². The van der Waals surface area contributed by atoms with Crippen LogP contribution < -0.4 is 9.04 Å². The van der Waals surface area contributed by atoms with Crippen molar-refractivity contribution in [3.05, 3.63) is 59.1 Å². The molecule has 0 spiro atoms. The first-order valence-electron chi connectivity index (χ1n) is 8.27. The summed E-state index contributed by atoms with van der Waals surface area (Å²) >= 11 is 5.89. The van der Waals surface area contributed by atoms with Gasteiger partial charge < -0.3 is 9.64 Å². The van der Waals surface area contributed by atoms with Crippen LogP contribution in [0.25, 0.3) is 0 Å². The molecule has 0 fully saturated rings. The summed E-state index contributed by atoms with van der Waals surface area (Å²) in [7, 11) is -0.479. The number of halogens is 1. The minimum Gasteiger partial charge on any atom is -0.496 e. The van der Waals surface area contributed by atoms with Gasteiger partial charge in [0.1, 0.15) is 11.8 Å². The Morgan fingerprint density at radius 3 is 2.30 bits per heavy atom.